The maximum atomic E-state index is 9.32. The van der Waals surface area contributed by atoms with Crippen LogP contribution in [0.2, 0.25) is 0 Å². The number of aliphatic hydroxyl groups excluding tert-OH is 1. The molecule has 0 aliphatic heterocycles. The minimum atomic E-state index is -0.275. The zero-order chi connectivity index (χ0) is 13.0. The average Bonchev–Trinajstić information content (AvgIpc) is 2.24. The summed E-state index contributed by atoms with van der Waals surface area (Å²) in [5.41, 5.74) is 9.98. The molecule has 0 saturated heterocycles. The number of pyridine rings is 1. The van der Waals surface area contributed by atoms with Gasteiger partial charge in [-0.25, -0.2) is 0 Å². The molecule has 4 heteroatoms. The zero-order valence-corrected chi connectivity index (χ0v) is 11.2. The van der Waals surface area contributed by atoms with Crippen LogP contribution in [-0.4, -0.2) is 29.8 Å². The highest BCUT2D eigenvalue weighted by Gasteiger charge is 2.11. The second-order valence-electron chi connectivity index (χ2n) is 4.61. The first-order valence-electron chi connectivity index (χ1n) is 6.02. The van der Waals surface area contributed by atoms with E-state index in [1.165, 1.54) is 0 Å². The topological polar surface area (TPSA) is 62.4 Å². The monoisotopic (exact) mass is 237 g/mol. The lowest BCUT2D eigenvalue weighted by Crippen LogP contribution is -2.24. The van der Waals surface area contributed by atoms with Gasteiger partial charge >= 0.3 is 0 Å². The Bertz CT molecular complexity index is 377. The maximum absolute atomic E-state index is 9.32. The number of nitrogens with two attached hydrogens (primary N) is 1. The van der Waals surface area contributed by atoms with Crippen LogP contribution in [0, 0.1) is 13.8 Å². The summed E-state index contributed by atoms with van der Waals surface area (Å²) >= 11 is 0. The third kappa shape index (κ3) is 3.68. The molecule has 0 aliphatic rings. The van der Waals surface area contributed by atoms with Crippen LogP contribution in [0.1, 0.15) is 30.3 Å². The van der Waals surface area contributed by atoms with Crippen LogP contribution >= 0.6 is 0 Å². The van der Waals surface area contributed by atoms with Crippen LogP contribution in [0.25, 0.3) is 0 Å². The summed E-state index contributed by atoms with van der Waals surface area (Å²) in [5, 5.41) is 9.32. The molecule has 1 atom stereocenters. The summed E-state index contributed by atoms with van der Waals surface area (Å²) in [7, 11) is 2.02. The first-order chi connectivity index (χ1) is 7.95. The SMILES string of the molecule is Cc1cc(N(C)CCC(C)O)c(CN)c(C)n1. The number of aliphatic hydroxyl groups is 1. The van der Waals surface area contributed by atoms with Crippen molar-refractivity contribution < 1.29 is 5.11 Å². The lowest BCUT2D eigenvalue weighted by molar-refractivity contribution is 0.187. The summed E-state index contributed by atoms with van der Waals surface area (Å²) in [5.74, 6) is 0. The second kappa shape index (κ2) is 5.98. The third-order valence-corrected chi connectivity index (χ3v) is 2.93. The molecule has 0 spiro atoms. The Morgan fingerprint density at radius 2 is 2.12 bits per heavy atom. The highest BCUT2D eigenvalue weighted by atomic mass is 16.3. The molecular formula is C13H23N3O. The number of aromatic nitrogens is 1. The fourth-order valence-electron chi connectivity index (χ4n) is 1.93. The molecule has 17 heavy (non-hydrogen) atoms. The van der Waals surface area contributed by atoms with Crippen LogP contribution in [0.3, 0.4) is 0 Å². The van der Waals surface area contributed by atoms with Crippen molar-refractivity contribution >= 4 is 5.69 Å². The van der Waals surface area contributed by atoms with Crippen molar-refractivity contribution in [2.75, 3.05) is 18.5 Å². The normalized spacial score (nSPS) is 12.6. The average molecular weight is 237 g/mol. The first kappa shape index (κ1) is 13.9. The largest absolute Gasteiger partial charge is 0.393 e. The Balaban J connectivity index is 2.95. The van der Waals surface area contributed by atoms with Crippen molar-refractivity contribution in [3.63, 3.8) is 0 Å². The molecule has 1 aromatic heterocycles. The number of hydrogen-bond donors (Lipinski definition) is 2. The minimum absolute atomic E-state index is 0.275. The highest BCUT2D eigenvalue weighted by Crippen LogP contribution is 2.22. The lowest BCUT2D eigenvalue weighted by atomic mass is 10.1. The molecule has 0 aliphatic carbocycles. The van der Waals surface area contributed by atoms with Crippen LogP contribution in [0.5, 0.6) is 0 Å². The maximum Gasteiger partial charge on any atom is 0.0528 e. The Morgan fingerprint density at radius 3 is 2.65 bits per heavy atom. The molecular weight excluding hydrogens is 214 g/mol. The minimum Gasteiger partial charge on any atom is -0.393 e. The Labute approximate surface area is 103 Å². The Morgan fingerprint density at radius 1 is 1.47 bits per heavy atom. The van der Waals surface area contributed by atoms with E-state index in [2.05, 4.69) is 16.0 Å². The molecule has 0 amide bonds. The molecule has 1 rings (SSSR count). The molecule has 1 aromatic rings. The molecule has 96 valence electrons. The number of nitrogens with zero attached hydrogens (tertiary/aromatic N) is 2. The van der Waals surface area contributed by atoms with Gasteiger partial charge in [-0.3, -0.25) is 4.98 Å². The molecule has 1 unspecified atom stereocenters. The van der Waals surface area contributed by atoms with E-state index >= 15 is 0 Å². The standard InChI is InChI=1S/C13H23N3O/c1-9-7-13(12(8-14)11(3)15-9)16(4)6-5-10(2)17/h7,10,17H,5-6,8,14H2,1-4H3. The van der Waals surface area contributed by atoms with E-state index in [1.54, 1.807) is 6.92 Å². The zero-order valence-electron chi connectivity index (χ0n) is 11.2. The molecule has 0 saturated carbocycles. The van der Waals surface area contributed by atoms with Gasteiger partial charge in [-0.15, -0.1) is 0 Å². The van der Waals surface area contributed by atoms with Crippen molar-refractivity contribution in [1.29, 1.82) is 0 Å². The van der Waals surface area contributed by atoms with Crippen molar-refractivity contribution in [3.8, 4) is 0 Å². The van der Waals surface area contributed by atoms with E-state index in [0.717, 1.165) is 35.6 Å². The predicted molar refractivity (Wildman–Crippen MR) is 71.2 cm³/mol. The fraction of sp³-hybridized carbons (Fsp3) is 0.615. The van der Waals surface area contributed by atoms with Gasteiger partial charge in [0.05, 0.1) is 6.10 Å². The van der Waals surface area contributed by atoms with Gasteiger partial charge in [0.1, 0.15) is 0 Å². The van der Waals surface area contributed by atoms with Gasteiger partial charge in [0.15, 0.2) is 0 Å². The van der Waals surface area contributed by atoms with Crippen molar-refractivity contribution in [2.45, 2.75) is 39.8 Å². The van der Waals surface area contributed by atoms with Gasteiger partial charge in [0, 0.05) is 42.8 Å². The van der Waals surface area contributed by atoms with E-state index in [9.17, 15) is 5.11 Å². The summed E-state index contributed by atoms with van der Waals surface area (Å²) < 4.78 is 0. The van der Waals surface area contributed by atoms with Gasteiger partial charge in [-0.1, -0.05) is 0 Å². The molecule has 0 radical (unpaired) electrons. The smallest absolute Gasteiger partial charge is 0.0528 e. The molecule has 0 aromatic carbocycles. The lowest BCUT2D eigenvalue weighted by Gasteiger charge is -2.24. The number of anilines is 1. The van der Waals surface area contributed by atoms with Gasteiger partial charge < -0.3 is 15.7 Å². The van der Waals surface area contributed by atoms with Crippen LogP contribution < -0.4 is 10.6 Å². The summed E-state index contributed by atoms with van der Waals surface area (Å²) in [6, 6.07) is 2.05. The first-order valence-corrected chi connectivity index (χ1v) is 6.02. The van der Waals surface area contributed by atoms with Crippen molar-refractivity contribution in [3.05, 3.63) is 23.0 Å². The summed E-state index contributed by atoms with van der Waals surface area (Å²) in [4.78, 5) is 6.56. The summed E-state index contributed by atoms with van der Waals surface area (Å²) in [6.07, 6.45) is 0.476. The number of hydrogen-bond acceptors (Lipinski definition) is 4. The van der Waals surface area contributed by atoms with Gasteiger partial charge in [-0.05, 0) is 33.3 Å². The van der Waals surface area contributed by atoms with Gasteiger partial charge in [-0.2, -0.15) is 0 Å². The Hall–Kier alpha value is -1.13. The van der Waals surface area contributed by atoms with E-state index in [0.29, 0.717) is 6.54 Å². The predicted octanol–water partition coefficient (Wildman–Crippen LogP) is 1.36. The Kier molecular flexibility index (Phi) is 4.90. The van der Waals surface area contributed by atoms with Gasteiger partial charge in [0.2, 0.25) is 0 Å². The molecule has 3 N–H and O–H groups in total. The summed E-state index contributed by atoms with van der Waals surface area (Å²) in [6.45, 7) is 7.09. The molecule has 0 bridgehead atoms. The van der Waals surface area contributed by atoms with E-state index in [1.807, 2.05) is 20.9 Å². The highest BCUT2D eigenvalue weighted by molar-refractivity contribution is 5.55. The van der Waals surface area contributed by atoms with Gasteiger partial charge in [0.25, 0.3) is 0 Å². The molecule has 1 heterocycles. The second-order valence-corrected chi connectivity index (χ2v) is 4.61. The van der Waals surface area contributed by atoms with Crippen molar-refractivity contribution in [2.24, 2.45) is 5.73 Å². The third-order valence-electron chi connectivity index (χ3n) is 2.93. The van der Waals surface area contributed by atoms with E-state index < -0.39 is 0 Å². The van der Waals surface area contributed by atoms with Crippen LogP contribution in [-0.2, 0) is 6.54 Å². The molecule has 0 fully saturated rings. The van der Waals surface area contributed by atoms with Crippen LogP contribution in [0.4, 0.5) is 5.69 Å². The number of rotatable bonds is 5. The number of aryl methyl sites for hydroxylation is 2. The van der Waals surface area contributed by atoms with E-state index in [-0.39, 0.29) is 6.10 Å². The fourth-order valence-corrected chi connectivity index (χ4v) is 1.93. The van der Waals surface area contributed by atoms with Crippen LogP contribution in [0.15, 0.2) is 6.07 Å². The van der Waals surface area contributed by atoms with E-state index in [4.69, 9.17) is 5.73 Å². The quantitative estimate of drug-likeness (QED) is 0.812. The van der Waals surface area contributed by atoms with Crippen molar-refractivity contribution in [1.82, 2.24) is 4.98 Å². The molecule has 4 nitrogen and oxygen atoms in total.